The Morgan fingerprint density at radius 1 is 1.12 bits per heavy atom. The number of rotatable bonds is 4. The van der Waals surface area contributed by atoms with Crippen LogP contribution in [0.25, 0.3) is 11.5 Å². The Morgan fingerprint density at radius 2 is 1.88 bits per heavy atom. The Labute approximate surface area is 140 Å². The Hall–Kier alpha value is -1.96. The first-order chi connectivity index (χ1) is 11.8. The summed E-state index contributed by atoms with van der Waals surface area (Å²) < 4.78 is 22.7. The minimum Gasteiger partial charge on any atom is -0.496 e. The van der Waals surface area contributed by atoms with E-state index >= 15 is 0 Å². The van der Waals surface area contributed by atoms with E-state index in [4.69, 9.17) is 18.6 Å². The van der Waals surface area contributed by atoms with Crippen LogP contribution in [0.4, 0.5) is 0 Å². The van der Waals surface area contributed by atoms with Gasteiger partial charge in [-0.3, -0.25) is 4.90 Å². The monoisotopic (exact) mass is 331 g/mol. The molecule has 0 atom stereocenters. The van der Waals surface area contributed by atoms with E-state index < -0.39 is 0 Å². The molecule has 0 aliphatic carbocycles. The lowest BCUT2D eigenvalue weighted by Gasteiger charge is -2.36. The predicted octanol–water partition coefficient (Wildman–Crippen LogP) is 2.08. The third kappa shape index (κ3) is 3.02. The first-order valence-corrected chi connectivity index (χ1v) is 8.24. The normalized spacial score (nSPS) is 20.5. The fourth-order valence-electron chi connectivity index (χ4n) is 3.28. The molecule has 1 aromatic carbocycles. The lowest BCUT2D eigenvalue weighted by Crippen LogP contribution is -2.44. The zero-order valence-corrected chi connectivity index (χ0v) is 13.7. The number of methoxy groups -OCH3 is 1. The van der Waals surface area contributed by atoms with Gasteiger partial charge < -0.3 is 18.6 Å². The molecule has 7 heteroatoms. The largest absolute Gasteiger partial charge is 0.496 e. The summed E-state index contributed by atoms with van der Waals surface area (Å²) in [6.07, 6.45) is 1.75. The Morgan fingerprint density at radius 3 is 2.62 bits per heavy atom. The maximum absolute atomic E-state index is 5.83. The number of hydrogen-bond donors (Lipinski definition) is 0. The first-order valence-electron chi connectivity index (χ1n) is 8.24. The highest BCUT2D eigenvalue weighted by Crippen LogP contribution is 2.32. The van der Waals surface area contributed by atoms with Crippen LogP contribution < -0.4 is 4.74 Å². The molecule has 2 saturated heterocycles. The summed E-state index contributed by atoms with van der Waals surface area (Å²) in [5.41, 5.74) is 0.809. The lowest BCUT2D eigenvalue weighted by molar-refractivity contribution is -0.186. The second-order valence-corrected chi connectivity index (χ2v) is 6.08. The maximum Gasteiger partial charge on any atom is 0.251 e. The third-order valence-electron chi connectivity index (χ3n) is 4.59. The van der Waals surface area contributed by atoms with E-state index in [1.54, 1.807) is 7.11 Å². The predicted molar refractivity (Wildman–Crippen MR) is 85.4 cm³/mol. The number of aromatic nitrogens is 2. The molecule has 0 saturated carbocycles. The molecule has 24 heavy (non-hydrogen) atoms. The van der Waals surface area contributed by atoms with Gasteiger partial charge in [-0.1, -0.05) is 12.1 Å². The number of ether oxygens (including phenoxy) is 3. The van der Waals surface area contributed by atoms with Crippen LogP contribution in [0.5, 0.6) is 5.75 Å². The van der Waals surface area contributed by atoms with Crippen molar-refractivity contribution in [3.8, 4) is 17.2 Å². The van der Waals surface area contributed by atoms with Gasteiger partial charge in [0, 0.05) is 25.9 Å². The second kappa shape index (κ2) is 6.51. The molecule has 1 aromatic heterocycles. The molecule has 0 unspecified atom stereocenters. The van der Waals surface area contributed by atoms with Crippen LogP contribution >= 0.6 is 0 Å². The van der Waals surface area contributed by atoms with E-state index in [0.717, 1.165) is 37.2 Å². The number of hydrogen-bond acceptors (Lipinski definition) is 7. The van der Waals surface area contributed by atoms with Crippen molar-refractivity contribution in [2.75, 3.05) is 33.4 Å². The van der Waals surface area contributed by atoms with Crippen LogP contribution in [-0.4, -0.2) is 54.3 Å². The van der Waals surface area contributed by atoms with Crippen LogP contribution in [0, 0.1) is 0 Å². The van der Waals surface area contributed by atoms with Gasteiger partial charge >= 0.3 is 0 Å². The van der Waals surface area contributed by atoms with E-state index in [-0.39, 0.29) is 5.79 Å². The number of piperidine rings is 1. The topological polar surface area (TPSA) is 69.9 Å². The summed E-state index contributed by atoms with van der Waals surface area (Å²) in [6.45, 7) is 3.83. The molecule has 1 spiro atoms. The van der Waals surface area contributed by atoms with Crippen molar-refractivity contribution in [2.24, 2.45) is 0 Å². The average molecular weight is 331 g/mol. The second-order valence-electron chi connectivity index (χ2n) is 6.08. The lowest BCUT2D eigenvalue weighted by atomic mass is 10.0. The summed E-state index contributed by atoms with van der Waals surface area (Å²) >= 11 is 0. The fourth-order valence-corrected chi connectivity index (χ4v) is 3.28. The molecule has 3 heterocycles. The molecule has 0 amide bonds. The first kappa shape index (κ1) is 15.6. The molecular weight excluding hydrogens is 310 g/mol. The summed E-state index contributed by atoms with van der Waals surface area (Å²) in [7, 11) is 1.63. The van der Waals surface area contributed by atoms with Crippen LogP contribution in [0.2, 0.25) is 0 Å². The van der Waals surface area contributed by atoms with Crippen LogP contribution in [0.1, 0.15) is 18.7 Å². The van der Waals surface area contributed by atoms with E-state index in [0.29, 0.717) is 31.5 Å². The standard InChI is InChI=1S/C17H21N3O4/c1-21-14-5-3-2-4-13(14)16-19-18-15(24-16)12-20-8-6-17(7-9-20)22-10-11-23-17/h2-5H,6-12H2,1H3. The molecule has 2 aromatic rings. The van der Waals surface area contributed by atoms with Crippen molar-refractivity contribution in [3.05, 3.63) is 30.2 Å². The highest BCUT2D eigenvalue weighted by molar-refractivity contribution is 5.62. The number of nitrogens with zero attached hydrogens (tertiary/aromatic N) is 3. The molecular formula is C17H21N3O4. The quantitative estimate of drug-likeness (QED) is 0.849. The van der Waals surface area contributed by atoms with Crippen LogP contribution in [0.3, 0.4) is 0 Å². The molecule has 2 aliphatic heterocycles. The number of benzene rings is 1. The van der Waals surface area contributed by atoms with E-state index in [9.17, 15) is 0 Å². The molecule has 0 radical (unpaired) electrons. The van der Waals surface area contributed by atoms with Crippen molar-refractivity contribution in [3.63, 3.8) is 0 Å². The van der Waals surface area contributed by atoms with Crippen LogP contribution in [-0.2, 0) is 16.0 Å². The van der Waals surface area contributed by atoms with E-state index in [1.807, 2.05) is 24.3 Å². The minimum absolute atomic E-state index is 0.353. The SMILES string of the molecule is COc1ccccc1-c1nnc(CN2CCC3(CC2)OCCO3)o1. The van der Waals surface area contributed by atoms with Gasteiger partial charge in [0.25, 0.3) is 5.89 Å². The Kier molecular flexibility index (Phi) is 4.22. The molecule has 0 N–H and O–H groups in total. The van der Waals surface area contributed by atoms with E-state index in [1.165, 1.54) is 0 Å². The highest BCUT2D eigenvalue weighted by atomic mass is 16.7. The summed E-state index contributed by atoms with van der Waals surface area (Å²) in [5, 5.41) is 8.33. The fraction of sp³-hybridized carbons (Fsp3) is 0.529. The van der Waals surface area contributed by atoms with Gasteiger partial charge in [0.15, 0.2) is 5.79 Å². The average Bonchev–Trinajstić information content (AvgIpc) is 3.27. The van der Waals surface area contributed by atoms with Crippen molar-refractivity contribution in [1.29, 1.82) is 0 Å². The van der Waals surface area contributed by atoms with Crippen molar-refractivity contribution in [2.45, 2.75) is 25.2 Å². The number of para-hydroxylation sites is 1. The summed E-state index contributed by atoms with van der Waals surface area (Å²) in [4.78, 5) is 2.29. The van der Waals surface area contributed by atoms with Crippen molar-refractivity contribution < 1.29 is 18.6 Å². The molecule has 2 fully saturated rings. The summed E-state index contributed by atoms with van der Waals surface area (Å²) in [6, 6.07) is 7.63. The van der Waals surface area contributed by atoms with Gasteiger partial charge in [-0.25, -0.2) is 0 Å². The van der Waals surface area contributed by atoms with Gasteiger partial charge in [0.05, 0.1) is 32.4 Å². The van der Waals surface area contributed by atoms with Gasteiger partial charge in [-0.05, 0) is 12.1 Å². The molecule has 7 nitrogen and oxygen atoms in total. The molecule has 2 aliphatic rings. The molecule has 4 rings (SSSR count). The van der Waals surface area contributed by atoms with Crippen LogP contribution in [0.15, 0.2) is 28.7 Å². The zero-order valence-electron chi connectivity index (χ0n) is 13.7. The van der Waals surface area contributed by atoms with Crippen molar-refractivity contribution in [1.82, 2.24) is 15.1 Å². The minimum atomic E-state index is -0.353. The van der Waals surface area contributed by atoms with Gasteiger partial charge in [0.1, 0.15) is 5.75 Å². The van der Waals surface area contributed by atoms with Gasteiger partial charge in [0.2, 0.25) is 5.89 Å². The Balaban J connectivity index is 1.41. The molecule has 128 valence electrons. The maximum atomic E-state index is 5.83. The third-order valence-corrected chi connectivity index (χ3v) is 4.59. The van der Waals surface area contributed by atoms with E-state index in [2.05, 4.69) is 15.1 Å². The van der Waals surface area contributed by atoms with Gasteiger partial charge in [-0.2, -0.15) is 0 Å². The van der Waals surface area contributed by atoms with Crippen molar-refractivity contribution >= 4 is 0 Å². The van der Waals surface area contributed by atoms with Gasteiger partial charge in [-0.15, -0.1) is 10.2 Å². The smallest absolute Gasteiger partial charge is 0.251 e. The summed E-state index contributed by atoms with van der Waals surface area (Å²) in [5.74, 6) is 1.47. The molecule has 0 bridgehead atoms. The highest BCUT2D eigenvalue weighted by Gasteiger charge is 2.39. The Bertz CT molecular complexity index is 687. The number of likely N-dealkylation sites (tertiary alicyclic amines) is 1. The zero-order chi connectivity index (χ0) is 16.4.